The Kier molecular flexibility index (Phi) is 7.63. The lowest BCUT2D eigenvalue weighted by molar-refractivity contribution is 0.660. The first-order valence-corrected chi connectivity index (χ1v) is 24.2. The molecule has 0 unspecified atom stereocenters. The molecule has 0 saturated heterocycles. The molecular formula is C66H45NO2. The van der Waals surface area contributed by atoms with Gasteiger partial charge in [0, 0.05) is 49.3 Å². The molecule has 15 rings (SSSR count). The van der Waals surface area contributed by atoms with Crippen LogP contribution in [0.15, 0.2) is 209 Å². The Bertz CT molecular complexity index is 4250. The van der Waals surface area contributed by atoms with E-state index in [1.54, 1.807) is 0 Å². The number of para-hydroxylation sites is 1. The number of anilines is 3. The van der Waals surface area contributed by atoms with Crippen molar-refractivity contribution < 1.29 is 8.83 Å². The highest BCUT2D eigenvalue weighted by Crippen LogP contribution is 2.55. The summed E-state index contributed by atoms with van der Waals surface area (Å²) in [5, 5.41) is 11.7. The van der Waals surface area contributed by atoms with Gasteiger partial charge in [0.2, 0.25) is 0 Å². The Labute approximate surface area is 399 Å². The van der Waals surface area contributed by atoms with Gasteiger partial charge in [-0.25, -0.2) is 0 Å². The number of fused-ring (bicyclic) bond motifs is 19. The minimum absolute atomic E-state index is 0.193. The Morgan fingerprint density at radius 1 is 0.333 bits per heavy atom. The van der Waals surface area contributed by atoms with Gasteiger partial charge in [-0.3, -0.25) is 0 Å². The minimum atomic E-state index is -0.193. The van der Waals surface area contributed by atoms with Crippen LogP contribution in [0, 0.1) is 0 Å². The number of hydrogen-bond acceptors (Lipinski definition) is 3. The maximum absolute atomic E-state index is 7.33. The van der Waals surface area contributed by atoms with Crippen LogP contribution < -0.4 is 4.90 Å². The molecule has 13 aromatic rings. The number of rotatable bonds is 4. The van der Waals surface area contributed by atoms with E-state index in [-0.39, 0.29) is 10.8 Å². The molecule has 2 aliphatic rings. The lowest BCUT2D eigenvalue weighted by Crippen LogP contribution is -2.18. The van der Waals surface area contributed by atoms with Crippen molar-refractivity contribution in [2.24, 2.45) is 0 Å². The van der Waals surface area contributed by atoms with E-state index in [9.17, 15) is 0 Å². The molecular weight excluding hydrogens is 839 g/mol. The average molecular weight is 884 g/mol. The Morgan fingerprint density at radius 2 is 0.797 bits per heavy atom. The molecule has 3 nitrogen and oxygen atoms in total. The van der Waals surface area contributed by atoms with Crippen molar-refractivity contribution in [3.63, 3.8) is 0 Å². The molecule has 0 spiro atoms. The average Bonchev–Trinajstić information content (AvgIpc) is 4.09. The predicted molar refractivity (Wildman–Crippen MR) is 289 cm³/mol. The van der Waals surface area contributed by atoms with Crippen LogP contribution in [-0.2, 0) is 10.8 Å². The number of nitrogens with zero attached hydrogens (tertiary/aromatic N) is 1. The van der Waals surface area contributed by atoms with Gasteiger partial charge in [-0.2, -0.15) is 0 Å². The van der Waals surface area contributed by atoms with E-state index in [2.05, 4.69) is 227 Å². The summed E-state index contributed by atoms with van der Waals surface area (Å²) in [5.74, 6) is 0. The van der Waals surface area contributed by atoms with Crippen LogP contribution in [-0.4, -0.2) is 0 Å². The first-order chi connectivity index (χ1) is 33.7. The van der Waals surface area contributed by atoms with Crippen LogP contribution in [0.25, 0.3) is 110 Å². The van der Waals surface area contributed by atoms with Crippen LogP contribution in [0.3, 0.4) is 0 Å². The summed E-state index contributed by atoms with van der Waals surface area (Å²) < 4.78 is 13.8. The van der Waals surface area contributed by atoms with Crippen molar-refractivity contribution >= 4 is 93.3 Å². The highest BCUT2D eigenvalue weighted by molar-refractivity contribution is 6.29. The summed E-state index contributed by atoms with van der Waals surface area (Å²) in [6, 6.07) is 74.0. The number of furan rings is 2. The van der Waals surface area contributed by atoms with Crippen molar-refractivity contribution in [3.8, 4) is 33.4 Å². The van der Waals surface area contributed by atoms with Gasteiger partial charge in [0.15, 0.2) is 0 Å². The van der Waals surface area contributed by atoms with Crippen LogP contribution in [0.2, 0.25) is 0 Å². The molecule has 2 heterocycles. The third kappa shape index (κ3) is 5.17. The maximum Gasteiger partial charge on any atom is 0.145 e. The smallest absolute Gasteiger partial charge is 0.145 e. The van der Waals surface area contributed by atoms with E-state index in [4.69, 9.17) is 8.83 Å². The fourth-order valence-corrected chi connectivity index (χ4v) is 12.8. The first-order valence-electron chi connectivity index (χ1n) is 24.2. The van der Waals surface area contributed by atoms with Gasteiger partial charge in [-0.1, -0.05) is 167 Å². The molecule has 0 bridgehead atoms. The highest BCUT2D eigenvalue weighted by Gasteiger charge is 2.38. The van der Waals surface area contributed by atoms with E-state index < -0.39 is 0 Å². The molecule has 0 radical (unpaired) electrons. The summed E-state index contributed by atoms with van der Waals surface area (Å²) in [5.41, 5.74) is 19.0. The molecule has 0 N–H and O–H groups in total. The van der Waals surface area contributed by atoms with Gasteiger partial charge in [-0.15, -0.1) is 0 Å². The molecule has 0 atom stereocenters. The summed E-state index contributed by atoms with van der Waals surface area (Å²) in [7, 11) is 0. The van der Waals surface area contributed by atoms with Gasteiger partial charge in [0.1, 0.15) is 22.3 Å². The van der Waals surface area contributed by atoms with E-state index >= 15 is 0 Å². The molecule has 0 aliphatic heterocycles. The predicted octanol–water partition coefficient (Wildman–Crippen LogP) is 18.7. The van der Waals surface area contributed by atoms with Gasteiger partial charge < -0.3 is 13.7 Å². The van der Waals surface area contributed by atoms with Crippen LogP contribution in [0.5, 0.6) is 0 Å². The first kappa shape index (κ1) is 38.7. The second kappa shape index (κ2) is 13.6. The van der Waals surface area contributed by atoms with Crippen molar-refractivity contribution in [1.29, 1.82) is 0 Å². The monoisotopic (exact) mass is 883 g/mol. The molecule has 0 fully saturated rings. The molecule has 0 saturated carbocycles. The highest BCUT2D eigenvalue weighted by atomic mass is 16.3. The van der Waals surface area contributed by atoms with Gasteiger partial charge >= 0.3 is 0 Å². The SMILES string of the molecule is CC1(C)c2ccccc2-c2ccc(N(c3ccc4c(c3)C(C)(C)c3ccccc3-4)c3ccc4c(oc5ccc6oc7ccccc7c6c54)c3-c3ccc4c5ccccc5c5ccccc5c4c3)cc21. The summed E-state index contributed by atoms with van der Waals surface area (Å²) in [6.45, 7) is 9.49. The zero-order chi connectivity index (χ0) is 45.9. The third-order valence-corrected chi connectivity index (χ3v) is 16.0. The standard InChI is InChI=1S/C66H45NO2/c1-65(2)53-22-12-9-19-46(53)48-29-26-39(36-55(48)65)67(40-27-30-49-47-20-10-13-23-54(47)66(3,4)56(49)37-40)57-32-31-51-63-60(34-33-59-62(63)50-21-11-14-24-58(50)68-59)69-64(51)61(57)38-25-28-45-43-17-6-5-15-41(43)42-16-7-8-18-44(42)52(45)35-38/h5-37H,1-4H3. The van der Waals surface area contributed by atoms with Gasteiger partial charge in [-0.05, 0) is 143 Å². The second-order valence-electron chi connectivity index (χ2n) is 20.3. The fourth-order valence-electron chi connectivity index (χ4n) is 12.8. The number of hydrogen-bond donors (Lipinski definition) is 0. The third-order valence-electron chi connectivity index (χ3n) is 16.0. The zero-order valence-corrected chi connectivity index (χ0v) is 38.8. The van der Waals surface area contributed by atoms with Crippen molar-refractivity contribution in [2.45, 2.75) is 38.5 Å². The topological polar surface area (TPSA) is 29.5 Å². The minimum Gasteiger partial charge on any atom is -0.456 e. The zero-order valence-electron chi connectivity index (χ0n) is 38.8. The fraction of sp³-hybridized carbons (Fsp3) is 0.0909. The Morgan fingerprint density at radius 3 is 1.41 bits per heavy atom. The van der Waals surface area contributed by atoms with Gasteiger partial charge in [0.25, 0.3) is 0 Å². The van der Waals surface area contributed by atoms with Crippen LogP contribution in [0.1, 0.15) is 49.9 Å². The molecule has 2 aliphatic carbocycles. The van der Waals surface area contributed by atoms with E-state index in [0.29, 0.717) is 0 Å². The molecule has 2 aromatic heterocycles. The number of benzene rings is 11. The van der Waals surface area contributed by atoms with E-state index in [1.165, 1.54) is 76.8 Å². The van der Waals surface area contributed by atoms with E-state index in [0.717, 1.165) is 72.1 Å². The largest absolute Gasteiger partial charge is 0.456 e. The lowest BCUT2D eigenvalue weighted by atomic mass is 9.82. The normalized spacial score (nSPS) is 14.3. The van der Waals surface area contributed by atoms with Crippen molar-refractivity contribution in [2.75, 3.05) is 4.90 Å². The summed E-state index contributed by atoms with van der Waals surface area (Å²) >= 11 is 0. The Balaban J connectivity index is 1.07. The molecule has 69 heavy (non-hydrogen) atoms. The molecule has 11 aromatic carbocycles. The van der Waals surface area contributed by atoms with Crippen LogP contribution >= 0.6 is 0 Å². The van der Waals surface area contributed by atoms with Crippen LogP contribution in [0.4, 0.5) is 17.1 Å². The van der Waals surface area contributed by atoms with Crippen molar-refractivity contribution in [3.05, 3.63) is 222 Å². The lowest BCUT2D eigenvalue weighted by Gasteiger charge is -2.31. The second-order valence-corrected chi connectivity index (χ2v) is 20.3. The van der Waals surface area contributed by atoms with Gasteiger partial charge in [0.05, 0.1) is 5.69 Å². The maximum atomic E-state index is 7.33. The molecule has 3 heteroatoms. The quantitative estimate of drug-likeness (QED) is 0.165. The van der Waals surface area contributed by atoms with E-state index in [1.807, 2.05) is 6.07 Å². The van der Waals surface area contributed by atoms with Crippen molar-refractivity contribution in [1.82, 2.24) is 0 Å². The summed E-state index contributed by atoms with van der Waals surface area (Å²) in [4.78, 5) is 2.51. The summed E-state index contributed by atoms with van der Waals surface area (Å²) in [6.07, 6.45) is 0. The Hall–Kier alpha value is -8.40. The molecule has 0 amide bonds. The molecule has 326 valence electrons.